The zero-order valence-corrected chi connectivity index (χ0v) is 9.44. The lowest BCUT2D eigenvalue weighted by Crippen LogP contribution is -1.68. The third-order valence-electron chi connectivity index (χ3n) is 1.19. The molecule has 0 bridgehead atoms. The average Bonchev–Trinajstić information content (AvgIpc) is 1.99. The molecule has 0 aromatic carbocycles. The van der Waals surface area contributed by atoms with E-state index in [-0.39, 0.29) is 0 Å². The summed E-state index contributed by atoms with van der Waals surface area (Å²) in [7, 11) is 0. The molecule has 0 rings (SSSR count). The van der Waals surface area contributed by atoms with Crippen LogP contribution in [-0.4, -0.2) is 0 Å². The molecule has 0 nitrogen and oxygen atoms in total. The van der Waals surface area contributed by atoms with Crippen LogP contribution in [-0.2, 0) is 0 Å². The Morgan fingerprint density at radius 3 is 2.64 bits per heavy atom. The highest BCUT2D eigenvalue weighted by Crippen LogP contribution is 2.11. The highest BCUT2D eigenvalue weighted by molar-refractivity contribution is 14.1. The zero-order chi connectivity index (χ0) is 8.53. The van der Waals surface area contributed by atoms with Crippen molar-refractivity contribution in [2.75, 3.05) is 0 Å². The molecule has 1 heteroatoms. The molecule has 0 aromatic heterocycles. The van der Waals surface area contributed by atoms with Crippen molar-refractivity contribution in [3.05, 3.63) is 9.66 Å². The Morgan fingerprint density at radius 2 is 2.09 bits per heavy atom. The Bertz CT molecular complexity index is 169. The van der Waals surface area contributed by atoms with Gasteiger partial charge in [0.05, 0.1) is 0 Å². The molecule has 0 N–H and O–H groups in total. The minimum Gasteiger partial charge on any atom is -0.0985 e. The van der Waals surface area contributed by atoms with E-state index in [9.17, 15) is 0 Å². The molecule has 11 heavy (non-hydrogen) atoms. The summed E-state index contributed by atoms with van der Waals surface area (Å²) in [6.45, 7) is 4.33. The van der Waals surface area contributed by atoms with Gasteiger partial charge in [0.1, 0.15) is 0 Å². The van der Waals surface area contributed by atoms with Crippen LogP contribution in [0, 0.1) is 11.8 Å². The third kappa shape index (κ3) is 7.93. The van der Waals surface area contributed by atoms with E-state index in [4.69, 9.17) is 0 Å². The van der Waals surface area contributed by atoms with Crippen LogP contribution in [0.25, 0.3) is 0 Å². The van der Waals surface area contributed by atoms with Crippen LogP contribution < -0.4 is 0 Å². The normalized spacial score (nSPS) is 10.6. The first-order valence-electron chi connectivity index (χ1n) is 4.14. The number of hydrogen-bond acceptors (Lipinski definition) is 0. The van der Waals surface area contributed by atoms with Crippen LogP contribution in [0.1, 0.15) is 39.5 Å². The van der Waals surface area contributed by atoms with Gasteiger partial charge in [0, 0.05) is 6.42 Å². The highest BCUT2D eigenvalue weighted by Gasteiger charge is 1.84. The molecule has 0 heterocycles. The van der Waals surface area contributed by atoms with Gasteiger partial charge in [-0.2, -0.15) is 0 Å². The second kappa shape index (κ2) is 8.13. The lowest BCUT2D eigenvalue weighted by molar-refractivity contribution is 0.954. The summed E-state index contributed by atoms with van der Waals surface area (Å²) in [5.41, 5.74) is 0. The van der Waals surface area contributed by atoms with E-state index in [2.05, 4.69) is 48.3 Å². The SMILES string of the molecule is CCCC#C/C=C(\I)CCC. The topological polar surface area (TPSA) is 0 Å². The van der Waals surface area contributed by atoms with Gasteiger partial charge in [-0.25, -0.2) is 0 Å². The number of unbranched alkanes of at least 4 members (excludes halogenated alkanes) is 1. The molecule has 0 amide bonds. The van der Waals surface area contributed by atoms with Crippen molar-refractivity contribution in [2.24, 2.45) is 0 Å². The van der Waals surface area contributed by atoms with Crippen LogP contribution in [0.4, 0.5) is 0 Å². The molecular weight excluding hydrogens is 247 g/mol. The minimum absolute atomic E-state index is 1.02. The van der Waals surface area contributed by atoms with Crippen molar-refractivity contribution < 1.29 is 0 Å². The predicted octanol–water partition coefficient (Wildman–Crippen LogP) is 3.91. The Morgan fingerprint density at radius 1 is 1.36 bits per heavy atom. The Kier molecular flexibility index (Phi) is 8.15. The largest absolute Gasteiger partial charge is 0.0985 e. The molecule has 0 radical (unpaired) electrons. The molecule has 0 aliphatic rings. The molecule has 0 unspecified atom stereocenters. The summed E-state index contributed by atoms with van der Waals surface area (Å²) in [5.74, 6) is 6.14. The first-order valence-corrected chi connectivity index (χ1v) is 5.22. The van der Waals surface area contributed by atoms with Gasteiger partial charge in [-0.15, -0.1) is 0 Å². The average molecular weight is 262 g/mol. The van der Waals surface area contributed by atoms with E-state index in [1.54, 1.807) is 0 Å². The fourth-order valence-corrected chi connectivity index (χ4v) is 1.33. The van der Waals surface area contributed by atoms with E-state index in [1.165, 1.54) is 16.4 Å². The summed E-state index contributed by atoms with van der Waals surface area (Å²) in [4.78, 5) is 0. The van der Waals surface area contributed by atoms with Gasteiger partial charge < -0.3 is 0 Å². The number of allylic oxidation sites excluding steroid dienone is 2. The first kappa shape index (κ1) is 11.0. The van der Waals surface area contributed by atoms with Crippen molar-refractivity contribution in [2.45, 2.75) is 39.5 Å². The lowest BCUT2D eigenvalue weighted by atomic mass is 10.3. The summed E-state index contributed by atoms with van der Waals surface area (Å²) < 4.78 is 1.37. The van der Waals surface area contributed by atoms with Crippen molar-refractivity contribution in [1.29, 1.82) is 0 Å². The second-order valence-corrected chi connectivity index (χ2v) is 3.80. The lowest BCUT2D eigenvalue weighted by Gasteiger charge is -1.89. The van der Waals surface area contributed by atoms with Crippen LogP contribution in [0.3, 0.4) is 0 Å². The van der Waals surface area contributed by atoms with Gasteiger partial charge in [0.25, 0.3) is 0 Å². The quantitative estimate of drug-likeness (QED) is 0.534. The van der Waals surface area contributed by atoms with E-state index in [1.807, 2.05) is 6.08 Å². The van der Waals surface area contributed by atoms with Gasteiger partial charge in [0.2, 0.25) is 0 Å². The first-order chi connectivity index (χ1) is 5.31. The Labute approximate surface area is 83.6 Å². The van der Waals surface area contributed by atoms with Gasteiger partial charge in [-0.1, -0.05) is 32.1 Å². The number of halogens is 1. The molecule has 0 aromatic rings. The van der Waals surface area contributed by atoms with Gasteiger partial charge in [0.15, 0.2) is 0 Å². The third-order valence-corrected chi connectivity index (χ3v) is 2.05. The molecule has 0 fully saturated rings. The number of rotatable bonds is 3. The Hall–Kier alpha value is 0.0300. The van der Waals surface area contributed by atoms with E-state index in [0.29, 0.717) is 0 Å². The second-order valence-electron chi connectivity index (χ2n) is 2.41. The summed E-state index contributed by atoms with van der Waals surface area (Å²) >= 11 is 2.35. The van der Waals surface area contributed by atoms with Crippen LogP contribution >= 0.6 is 22.6 Å². The maximum atomic E-state index is 3.09. The zero-order valence-electron chi connectivity index (χ0n) is 7.28. The van der Waals surface area contributed by atoms with Crippen molar-refractivity contribution >= 4 is 22.6 Å². The van der Waals surface area contributed by atoms with Crippen molar-refractivity contribution in [3.63, 3.8) is 0 Å². The van der Waals surface area contributed by atoms with E-state index >= 15 is 0 Å². The van der Waals surface area contributed by atoms with Crippen LogP contribution in [0.15, 0.2) is 9.66 Å². The van der Waals surface area contributed by atoms with Gasteiger partial charge in [-0.05, 0) is 45.1 Å². The summed E-state index contributed by atoms with van der Waals surface area (Å²) in [6, 6.07) is 0. The maximum Gasteiger partial charge on any atom is 0.00896 e. The van der Waals surface area contributed by atoms with Crippen LogP contribution in [0.5, 0.6) is 0 Å². The molecule has 62 valence electrons. The van der Waals surface area contributed by atoms with Gasteiger partial charge in [-0.3, -0.25) is 0 Å². The molecule has 0 atom stereocenters. The minimum atomic E-state index is 1.02. The summed E-state index contributed by atoms with van der Waals surface area (Å²) in [5, 5.41) is 0. The summed E-state index contributed by atoms with van der Waals surface area (Å²) in [6.07, 6.45) is 6.59. The Balaban J connectivity index is 3.64. The molecule has 0 saturated heterocycles. The molecule has 0 spiro atoms. The number of hydrogen-bond donors (Lipinski definition) is 0. The van der Waals surface area contributed by atoms with Gasteiger partial charge >= 0.3 is 0 Å². The maximum absolute atomic E-state index is 3.09. The molecular formula is C10H15I. The van der Waals surface area contributed by atoms with E-state index in [0.717, 1.165) is 12.8 Å². The van der Waals surface area contributed by atoms with Crippen molar-refractivity contribution in [3.8, 4) is 11.8 Å². The molecule has 0 aliphatic carbocycles. The van der Waals surface area contributed by atoms with E-state index < -0.39 is 0 Å². The standard InChI is InChI=1S/C10H15I/c1-3-5-6-7-9-10(11)8-4-2/h9H,3-5,8H2,1-2H3/b10-9-. The molecule has 0 aliphatic heterocycles. The smallest absolute Gasteiger partial charge is 0.00896 e. The predicted molar refractivity (Wildman–Crippen MR) is 59.7 cm³/mol. The van der Waals surface area contributed by atoms with Crippen molar-refractivity contribution in [1.82, 2.24) is 0 Å². The fraction of sp³-hybridized carbons (Fsp3) is 0.600. The molecule has 0 saturated carbocycles. The highest BCUT2D eigenvalue weighted by atomic mass is 127. The van der Waals surface area contributed by atoms with Crippen LogP contribution in [0.2, 0.25) is 0 Å². The monoisotopic (exact) mass is 262 g/mol. The fourth-order valence-electron chi connectivity index (χ4n) is 0.638.